The highest BCUT2D eigenvalue weighted by Gasteiger charge is 2.41. The molecule has 1 saturated carbocycles. The molecule has 0 N–H and O–H groups in total. The first-order valence-corrected chi connectivity index (χ1v) is 7.44. The molecule has 0 bridgehead atoms. The van der Waals surface area contributed by atoms with Crippen LogP contribution in [0.2, 0.25) is 0 Å². The molecule has 2 aromatic heterocycles. The van der Waals surface area contributed by atoms with Gasteiger partial charge in [0.2, 0.25) is 5.92 Å². The van der Waals surface area contributed by atoms with Crippen LogP contribution in [0.3, 0.4) is 0 Å². The average Bonchev–Trinajstić information content (AvgIpc) is 3.10. The van der Waals surface area contributed by atoms with Crippen molar-refractivity contribution < 1.29 is 17.6 Å². The second-order valence-corrected chi connectivity index (χ2v) is 5.12. The van der Waals surface area contributed by atoms with Crippen LogP contribution in [0.5, 0.6) is 0 Å². The maximum Gasteiger partial charge on any atom is 0.248 e. The lowest BCUT2D eigenvalue weighted by molar-refractivity contribution is 0.00704. The molecule has 0 aliphatic heterocycles. The number of oxazole rings is 1. The van der Waals surface area contributed by atoms with Gasteiger partial charge in [-0.3, -0.25) is 4.98 Å². The molecule has 0 saturated heterocycles. The van der Waals surface area contributed by atoms with E-state index in [0.717, 1.165) is 6.20 Å². The summed E-state index contributed by atoms with van der Waals surface area (Å²) in [6, 6.07) is 1.56. The van der Waals surface area contributed by atoms with E-state index in [0.29, 0.717) is 23.6 Å². The van der Waals surface area contributed by atoms with Gasteiger partial charge < -0.3 is 4.42 Å². The molecule has 0 aromatic carbocycles. The van der Waals surface area contributed by atoms with Gasteiger partial charge in [-0.25, -0.2) is 18.2 Å². The van der Waals surface area contributed by atoms with Crippen molar-refractivity contribution in [3.63, 3.8) is 0 Å². The average molecular weight is 312 g/mol. The number of rotatable bonds is 3. The Hall–Kier alpha value is -1.85. The van der Waals surface area contributed by atoms with Gasteiger partial charge in [0.05, 0.1) is 11.9 Å². The van der Waals surface area contributed by atoms with Gasteiger partial charge in [0.25, 0.3) is 0 Å². The predicted octanol–water partition coefficient (Wildman–Crippen LogP) is 4.73. The number of hydrogen-bond donors (Lipinski definition) is 0. The number of aromatic nitrogens is 2. The van der Waals surface area contributed by atoms with Crippen molar-refractivity contribution in [3.8, 4) is 0 Å². The standard InChI is InChI=1S/C14H13F3N2O.C2H6/c15-12-7-18-4-2-9(12)5-11-8-20-13(19-11)10-1-3-14(16,17)6-10;1-2/h2,4,7-8,10H,1,3,5-6H2;1-2H3. The lowest BCUT2D eigenvalue weighted by atomic mass is 10.1. The number of hydrogen-bond acceptors (Lipinski definition) is 3. The van der Waals surface area contributed by atoms with E-state index in [1.54, 1.807) is 6.07 Å². The molecule has 6 heteroatoms. The highest BCUT2D eigenvalue weighted by atomic mass is 19.3. The Kier molecular flexibility index (Phi) is 5.21. The van der Waals surface area contributed by atoms with Gasteiger partial charge in [-0.15, -0.1) is 0 Å². The van der Waals surface area contributed by atoms with E-state index in [2.05, 4.69) is 9.97 Å². The van der Waals surface area contributed by atoms with Crippen molar-refractivity contribution in [1.82, 2.24) is 9.97 Å². The van der Waals surface area contributed by atoms with Crippen LogP contribution in [0.1, 0.15) is 56.2 Å². The molecule has 22 heavy (non-hydrogen) atoms. The van der Waals surface area contributed by atoms with Gasteiger partial charge in [-0.05, 0) is 18.1 Å². The number of alkyl halides is 2. The topological polar surface area (TPSA) is 38.9 Å². The van der Waals surface area contributed by atoms with Crippen molar-refractivity contribution in [2.75, 3.05) is 0 Å². The van der Waals surface area contributed by atoms with Crippen LogP contribution in [-0.4, -0.2) is 15.9 Å². The lowest BCUT2D eigenvalue weighted by Gasteiger charge is -2.06. The summed E-state index contributed by atoms with van der Waals surface area (Å²) in [5.74, 6) is -3.06. The van der Waals surface area contributed by atoms with Crippen LogP contribution >= 0.6 is 0 Å². The fraction of sp³-hybridized carbons (Fsp3) is 0.500. The van der Waals surface area contributed by atoms with Crippen molar-refractivity contribution in [3.05, 3.63) is 47.7 Å². The molecular formula is C16H19F3N2O. The van der Waals surface area contributed by atoms with E-state index in [9.17, 15) is 13.2 Å². The van der Waals surface area contributed by atoms with Crippen molar-refractivity contribution in [1.29, 1.82) is 0 Å². The third-order valence-corrected chi connectivity index (χ3v) is 3.55. The summed E-state index contributed by atoms with van der Waals surface area (Å²) in [6.07, 6.45) is 4.32. The molecule has 1 unspecified atom stereocenters. The smallest absolute Gasteiger partial charge is 0.248 e. The molecule has 3 nitrogen and oxygen atoms in total. The molecule has 1 aliphatic rings. The Morgan fingerprint density at radius 2 is 2.14 bits per heavy atom. The fourth-order valence-corrected chi connectivity index (χ4v) is 2.49. The monoisotopic (exact) mass is 312 g/mol. The fourth-order valence-electron chi connectivity index (χ4n) is 2.49. The molecular weight excluding hydrogens is 293 g/mol. The Balaban J connectivity index is 0.000000847. The van der Waals surface area contributed by atoms with Gasteiger partial charge in [0, 0.05) is 31.4 Å². The highest BCUT2D eigenvalue weighted by Crippen LogP contribution is 2.43. The summed E-state index contributed by atoms with van der Waals surface area (Å²) in [5, 5.41) is 0. The summed E-state index contributed by atoms with van der Waals surface area (Å²) >= 11 is 0. The number of halogens is 3. The Morgan fingerprint density at radius 1 is 1.36 bits per heavy atom. The Labute approximate surface area is 127 Å². The van der Waals surface area contributed by atoms with Crippen LogP contribution in [-0.2, 0) is 6.42 Å². The molecule has 0 amide bonds. The molecule has 1 atom stereocenters. The SMILES string of the molecule is CC.Fc1cnccc1Cc1coc(C2CCC(F)(F)C2)n1. The zero-order chi connectivity index (χ0) is 16.2. The third kappa shape index (κ3) is 3.87. The maximum atomic E-state index is 13.5. The quantitative estimate of drug-likeness (QED) is 0.822. The third-order valence-electron chi connectivity index (χ3n) is 3.55. The van der Waals surface area contributed by atoms with Crippen molar-refractivity contribution in [2.45, 2.75) is 51.4 Å². The molecule has 1 aliphatic carbocycles. The van der Waals surface area contributed by atoms with Crippen LogP contribution in [0.15, 0.2) is 29.1 Å². The van der Waals surface area contributed by atoms with E-state index in [1.807, 2.05) is 13.8 Å². The van der Waals surface area contributed by atoms with Crippen molar-refractivity contribution >= 4 is 0 Å². The molecule has 120 valence electrons. The van der Waals surface area contributed by atoms with Crippen LogP contribution in [0.4, 0.5) is 13.2 Å². The highest BCUT2D eigenvalue weighted by molar-refractivity contribution is 5.19. The summed E-state index contributed by atoms with van der Waals surface area (Å²) in [5.41, 5.74) is 0.997. The van der Waals surface area contributed by atoms with E-state index >= 15 is 0 Å². The molecule has 2 heterocycles. The lowest BCUT2D eigenvalue weighted by Crippen LogP contribution is -2.09. The van der Waals surface area contributed by atoms with Gasteiger partial charge in [-0.1, -0.05) is 13.8 Å². The van der Waals surface area contributed by atoms with E-state index < -0.39 is 11.7 Å². The Bertz CT molecular complexity index is 613. The molecule has 3 rings (SSSR count). The maximum absolute atomic E-state index is 13.5. The minimum atomic E-state index is -2.63. The summed E-state index contributed by atoms with van der Waals surface area (Å²) in [7, 11) is 0. The Morgan fingerprint density at radius 3 is 2.77 bits per heavy atom. The van der Waals surface area contributed by atoms with Crippen LogP contribution in [0.25, 0.3) is 0 Å². The van der Waals surface area contributed by atoms with Gasteiger partial charge in [-0.2, -0.15) is 0 Å². The van der Waals surface area contributed by atoms with Gasteiger partial charge in [0.15, 0.2) is 5.89 Å². The number of nitrogens with zero attached hydrogens (tertiary/aromatic N) is 2. The second kappa shape index (κ2) is 6.94. The predicted molar refractivity (Wildman–Crippen MR) is 76.4 cm³/mol. The molecule has 0 radical (unpaired) electrons. The first kappa shape index (κ1) is 16.5. The van der Waals surface area contributed by atoms with Gasteiger partial charge in [0.1, 0.15) is 12.1 Å². The molecule has 1 fully saturated rings. The summed E-state index contributed by atoms with van der Waals surface area (Å²) in [4.78, 5) is 7.88. The minimum absolute atomic E-state index is 0.131. The van der Waals surface area contributed by atoms with Crippen LogP contribution < -0.4 is 0 Å². The largest absolute Gasteiger partial charge is 0.448 e. The normalized spacial score (nSPS) is 19.6. The summed E-state index contributed by atoms with van der Waals surface area (Å²) in [6.45, 7) is 4.00. The molecule has 2 aromatic rings. The number of pyridine rings is 1. The van der Waals surface area contributed by atoms with E-state index in [1.165, 1.54) is 12.5 Å². The summed E-state index contributed by atoms with van der Waals surface area (Å²) < 4.78 is 45.1. The van der Waals surface area contributed by atoms with E-state index in [-0.39, 0.29) is 25.2 Å². The minimum Gasteiger partial charge on any atom is -0.448 e. The van der Waals surface area contributed by atoms with E-state index in [4.69, 9.17) is 4.42 Å². The van der Waals surface area contributed by atoms with Crippen LogP contribution in [0, 0.1) is 5.82 Å². The first-order valence-electron chi connectivity index (χ1n) is 7.44. The van der Waals surface area contributed by atoms with Crippen molar-refractivity contribution in [2.24, 2.45) is 0 Å². The molecule has 0 spiro atoms. The van der Waals surface area contributed by atoms with Gasteiger partial charge >= 0.3 is 0 Å². The zero-order valence-corrected chi connectivity index (χ0v) is 12.7. The zero-order valence-electron chi connectivity index (χ0n) is 12.7. The second-order valence-electron chi connectivity index (χ2n) is 5.12. The first-order chi connectivity index (χ1) is 10.5.